The van der Waals surface area contributed by atoms with E-state index in [-0.39, 0.29) is 0 Å². The van der Waals surface area contributed by atoms with E-state index in [0.717, 1.165) is 12.3 Å². The molecule has 0 aromatic heterocycles. The summed E-state index contributed by atoms with van der Waals surface area (Å²) in [6, 6.07) is 0.555. The lowest BCUT2D eigenvalue weighted by atomic mass is 10.3. The van der Waals surface area contributed by atoms with Gasteiger partial charge in [-0.3, -0.25) is 0 Å². The van der Waals surface area contributed by atoms with E-state index in [9.17, 15) is 0 Å². The predicted molar refractivity (Wildman–Crippen MR) is 49.8 cm³/mol. The maximum absolute atomic E-state index is 4.27. The van der Waals surface area contributed by atoms with Crippen molar-refractivity contribution < 1.29 is 0 Å². The van der Waals surface area contributed by atoms with Gasteiger partial charge in [0.15, 0.2) is 0 Å². The summed E-state index contributed by atoms with van der Waals surface area (Å²) in [5.41, 5.74) is 0. The van der Waals surface area contributed by atoms with E-state index < -0.39 is 0 Å². The van der Waals surface area contributed by atoms with Gasteiger partial charge in [-0.1, -0.05) is 13.8 Å². The van der Waals surface area contributed by atoms with E-state index in [4.69, 9.17) is 0 Å². The Hall–Kier alpha value is 0.660. The Morgan fingerprint density at radius 3 is 2.33 bits per heavy atom. The molecule has 0 aliphatic carbocycles. The van der Waals surface area contributed by atoms with Crippen molar-refractivity contribution in [1.29, 1.82) is 0 Å². The fraction of sp³-hybridized carbons (Fsp3) is 1.00. The third-order valence-electron chi connectivity index (χ3n) is 0.972. The van der Waals surface area contributed by atoms with Crippen molar-refractivity contribution in [3.05, 3.63) is 0 Å². The number of hydrogen-bond acceptors (Lipinski definition) is 3. The van der Waals surface area contributed by atoms with Crippen LogP contribution in [-0.4, -0.2) is 23.6 Å². The summed E-state index contributed by atoms with van der Waals surface area (Å²) in [5.74, 6) is 0.836. The van der Waals surface area contributed by atoms with Crippen LogP contribution in [0, 0.1) is 0 Å². The van der Waals surface area contributed by atoms with Crippen molar-refractivity contribution in [3.8, 4) is 0 Å². The Bertz CT molecular complexity index is 66.1. The molecule has 1 nitrogen and oxygen atoms in total. The van der Waals surface area contributed by atoms with Crippen LogP contribution in [0.4, 0.5) is 0 Å². The molecule has 1 unspecified atom stereocenters. The average Bonchev–Trinajstić information content (AvgIpc) is 1.83. The highest BCUT2D eigenvalue weighted by molar-refractivity contribution is 7.84. The van der Waals surface area contributed by atoms with Crippen molar-refractivity contribution in [3.63, 3.8) is 0 Å². The molecule has 0 rings (SSSR count). The zero-order valence-corrected chi connectivity index (χ0v) is 7.75. The summed E-state index contributed by atoms with van der Waals surface area (Å²) in [4.78, 5) is 0. The lowest BCUT2D eigenvalue weighted by molar-refractivity contribution is 0.592. The van der Waals surface area contributed by atoms with Crippen LogP contribution >= 0.6 is 25.3 Å². The number of thiol groups is 2. The Morgan fingerprint density at radius 2 is 2.00 bits per heavy atom. The molecule has 3 heteroatoms. The summed E-state index contributed by atoms with van der Waals surface area (Å²) in [6.07, 6.45) is 0. The first-order chi connectivity index (χ1) is 4.16. The average molecular weight is 165 g/mol. The molecule has 0 aromatic rings. The molecule has 1 N–H and O–H groups in total. The molecule has 0 aliphatic rings. The van der Waals surface area contributed by atoms with E-state index in [1.807, 2.05) is 0 Å². The van der Waals surface area contributed by atoms with Crippen LogP contribution in [0.1, 0.15) is 13.8 Å². The van der Waals surface area contributed by atoms with Gasteiger partial charge in [0.25, 0.3) is 0 Å². The maximum Gasteiger partial charge on any atom is 0.0230 e. The predicted octanol–water partition coefficient (Wildman–Crippen LogP) is 1.21. The maximum atomic E-state index is 4.27. The van der Waals surface area contributed by atoms with E-state index in [1.165, 1.54) is 0 Å². The third kappa shape index (κ3) is 6.55. The van der Waals surface area contributed by atoms with Gasteiger partial charge in [-0.05, 0) is 0 Å². The standard InChI is InChI=1S/C6H15NS2/c1-5(2)7-3-6(9)4-8/h5-9H,3-4H2,1-2H3. The minimum atomic E-state index is 0.385. The SMILES string of the molecule is CC(C)NCC(S)CS. The lowest BCUT2D eigenvalue weighted by Crippen LogP contribution is -2.30. The van der Waals surface area contributed by atoms with Crippen molar-refractivity contribution in [1.82, 2.24) is 5.32 Å². The summed E-state index contributed by atoms with van der Waals surface area (Å²) in [7, 11) is 0. The summed E-state index contributed by atoms with van der Waals surface area (Å²) >= 11 is 8.37. The van der Waals surface area contributed by atoms with Gasteiger partial charge in [-0.25, -0.2) is 0 Å². The first kappa shape index (κ1) is 9.66. The molecule has 0 amide bonds. The molecule has 0 spiro atoms. The van der Waals surface area contributed by atoms with Gasteiger partial charge in [0.05, 0.1) is 0 Å². The first-order valence-corrected chi connectivity index (χ1v) is 4.34. The second kappa shape index (κ2) is 5.45. The van der Waals surface area contributed by atoms with Crippen LogP contribution in [0.3, 0.4) is 0 Å². The molecule has 0 fully saturated rings. The highest BCUT2D eigenvalue weighted by Crippen LogP contribution is 1.95. The smallest absolute Gasteiger partial charge is 0.0230 e. The largest absolute Gasteiger partial charge is 0.313 e. The van der Waals surface area contributed by atoms with Crippen LogP contribution in [-0.2, 0) is 0 Å². The van der Waals surface area contributed by atoms with E-state index >= 15 is 0 Å². The topological polar surface area (TPSA) is 12.0 Å². The normalized spacial score (nSPS) is 14.3. The summed E-state index contributed by atoms with van der Waals surface area (Å²) < 4.78 is 0. The van der Waals surface area contributed by atoms with Crippen LogP contribution in [0.2, 0.25) is 0 Å². The van der Waals surface area contributed by atoms with Crippen LogP contribution in [0.15, 0.2) is 0 Å². The minimum absolute atomic E-state index is 0.385. The van der Waals surface area contributed by atoms with Gasteiger partial charge in [0.1, 0.15) is 0 Å². The second-order valence-corrected chi connectivity index (χ2v) is 3.49. The van der Waals surface area contributed by atoms with Crippen molar-refractivity contribution >= 4 is 25.3 Å². The monoisotopic (exact) mass is 165 g/mol. The highest BCUT2D eigenvalue weighted by atomic mass is 32.1. The number of rotatable bonds is 4. The highest BCUT2D eigenvalue weighted by Gasteiger charge is 1.99. The van der Waals surface area contributed by atoms with E-state index in [1.54, 1.807) is 0 Å². The van der Waals surface area contributed by atoms with Gasteiger partial charge < -0.3 is 5.32 Å². The Labute approximate surface area is 68.4 Å². The fourth-order valence-corrected chi connectivity index (χ4v) is 0.671. The molecule has 0 aromatic carbocycles. The zero-order chi connectivity index (χ0) is 7.28. The van der Waals surface area contributed by atoms with E-state index in [0.29, 0.717) is 11.3 Å². The molecular formula is C6H15NS2. The molecule has 0 heterocycles. The number of nitrogens with one attached hydrogen (secondary N) is 1. The zero-order valence-electron chi connectivity index (χ0n) is 5.96. The third-order valence-corrected chi connectivity index (χ3v) is 2.07. The Balaban J connectivity index is 3.06. The first-order valence-electron chi connectivity index (χ1n) is 3.19. The summed E-state index contributed by atoms with van der Waals surface area (Å²) in [5, 5.41) is 3.66. The number of hydrogen-bond donors (Lipinski definition) is 3. The van der Waals surface area contributed by atoms with Crippen molar-refractivity contribution in [2.75, 3.05) is 12.3 Å². The molecule has 1 atom stereocenters. The quantitative estimate of drug-likeness (QED) is 0.532. The molecule has 0 saturated heterocycles. The molecule has 0 bridgehead atoms. The van der Waals surface area contributed by atoms with Crippen molar-refractivity contribution in [2.45, 2.75) is 25.1 Å². The molecule has 0 aliphatic heterocycles. The second-order valence-electron chi connectivity index (χ2n) is 2.40. The van der Waals surface area contributed by atoms with Gasteiger partial charge in [0.2, 0.25) is 0 Å². The Morgan fingerprint density at radius 1 is 1.44 bits per heavy atom. The van der Waals surface area contributed by atoms with Gasteiger partial charge in [0, 0.05) is 23.6 Å². The molecule has 0 radical (unpaired) electrons. The van der Waals surface area contributed by atoms with Crippen LogP contribution in [0.25, 0.3) is 0 Å². The molecule has 0 saturated carbocycles. The fourth-order valence-electron chi connectivity index (χ4n) is 0.436. The van der Waals surface area contributed by atoms with Crippen molar-refractivity contribution in [2.24, 2.45) is 0 Å². The van der Waals surface area contributed by atoms with Crippen LogP contribution < -0.4 is 5.32 Å². The van der Waals surface area contributed by atoms with Gasteiger partial charge >= 0.3 is 0 Å². The van der Waals surface area contributed by atoms with Crippen LogP contribution in [0.5, 0.6) is 0 Å². The van der Waals surface area contributed by atoms with Gasteiger partial charge in [-0.2, -0.15) is 25.3 Å². The summed E-state index contributed by atoms with van der Waals surface area (Å²) in [6.45, 7) is 5.20. The minimum Gasteiger partial charge on any atom is -0.313 e. The van der Waals surface area contributed by atoms with Gasteiger partial charge in [-0.15, -0.1) is 0 Å². The molecular weight excluding hydrogens is 150 g/mol. The lowest BCUT2D eigenvalue weighted by Gasteiger charge is -2.11. The van der Waals surface area contributed by atoms with E-state index in [2.05, 4.69) is 44.4 Å². The molecule has 9 heavy (non-hydrogen) atoms. The Kier molecular flexibility index (Phi) is 5.84. The molecule has 56 valence electrons.